The van der Waals surface area contributed by atoms with Gasteiger partial charge in [0.1, 0.15) is 11.7 Å². The molecule has 1 aliphatic carbocycles. The molecule has 2 aromatic heterocycles. The Morgan fingerprint density at radius 2 is 2.08 bits per heavy atom. The zero-order chi connectivity index (χ0) is 28.4. The number of rotatable bonds is 11. The molecule has 1 aromatic carbocycles. The molecule has 10 nitrogen and oxygen atoms in total. The summed E-state index contributed by atoms with van der Waals surface area (Å²) in [4.78, 5) is 26.4. The molecule has 0 spiro atoms. The SMILES string of the molecule is CCCS(=O)(Nc1cc(Cl)cc(-c2nc(C3CC3)sc2-c2ccnc(NCC(C)NC(=O)OC)n2)c1Cl)=C1CO1. The lowest BCUT2D eigenvalue weighted by Gasteiger charge is -2.16. The summed E-state index contributed by atoms with van der Waals surface area (Å²) >= 11 is 15.1. The zero-order valence-electron chi connectivity index (χ0n) is 22.3. The van der Waals surface area contributed by atoms with E-state index < -0.39 is 15.8 Å². The van der Waals surface area contributed by atoms with Crippen LogP contribution in [0.5, 0.6) is 0 Å². The van der Waals surface area contributed by atoms with Crippen LogP contribution in [-0.4, -0.2) is 62.4 Å². The fourth-order valence-electron chi connectivity index (χ4n) is 4.07. The second-order valence-electron chi connectivity index (χ2n) is 9.64. The Morgan fingerprint density at radius 3 is 2.75 bits per heavy atom. The van der Waals surface area contributed by atoms with Crippen LogP contribution in [0.4, 0.5) is 16.4 Å². The van der Waals surface area contributed by atoms with Gasteiger partial charge in [-0.1, -0.05) is 30.1 Å². The van der Waals surface area contributed by atoms with Crippen LogP contribution in [0.1, 0.15) is 44.0 Å². The van der Waals surface area contributed by atoms with Gasteiger partial charge in [-0.3, -0.25) is 0 Å². The first-order valence-electron chi connectivity index (χ1n) is 12.9. The van der Waals surface area contributed by atoms with Gasteiger partial charge in [0.2, 0.25) is 5.95 Å². The van der Waals surface area contributed by atoms with Gasteiger partial charge in [0.05, 0.1) is 48.8 Å². The molecule has 1 amide bonds. The molecule has 1 aliphatic heterocycles. The smallest absolute Gasteiger partial charge is 0.407 e. The largest absolute Gasteiger partial charge is 0.453 e. The summed E-state index contributed by atoms with van der Waals surface area (Å²) in [6.45, 7) is 4.59. The van der Waals surface area contributed by atoms with Crippen LogP contribution in [0.3, 0.4) is 0 Å². The van der Waals surface area contributed by atoms with Gasteiger partial charge in [0.25, 0.3) is 0 Å². The fourth-order valence-corrected chi connectivity index (χ4v) is 7.78. The van der Waals surface area contributed by atoms with E-state index in [4.69, 9.17) is 37.9 Å². The Bertz CT molecular complexity index is 1550. The summed E-state index contributed by atoms with van der Waals surface area (Å²) in [6.07, 6.45) is 4.05. The molecule has 5 rings (SSSR count). The van der Waals surface area contributed by atoms with E-state index in [9.17, 15) is 9.00 Å². The highest BCUT2D eigenvalue weighted by atomic mass is 35.5. The molecule has 0 bridgehead atoms. The van der Waals surface area contributed by atoms with Gasteiger partial charge in [0, 0.05) is 41.0 Å². The minimum absolute atomic E-state index is 0.210. The Morgan fingerprint density at radius 1 is 1.30 bits per heavy atom. The monoisotopic (exact) mass is 624 g/mol. The van der Waals surface area contributed by atoms with Crippen molar-refractivity contribution in [3.8, 4) is 21.8 Å². The van der Waals surface area contributed by atoms with Gasteiger partial charge in [-0.2, -0.15) is 0 Å². The summed E-state index contributed by atoms with van der Waals surface area (Å²) in [5.74, 6) is 1.24. The van der Waals surface area contributed by atoms with Crippen molar-refractivity contribution in [2.24, 2.45) is 0 Å². The maximum atomic E-state index is 13.6. The molecule has 2 fully saturated rings. The Hall–Kier alpha value is -2.64. The molecule has 40 heavy (non-hydrogen) atoms. The molecule has 2 unspecified atom stereocenters. The molecule has 2 atom stereocenters. The minimum Gasteiger partial charge on any atom is -0.453 e. The third kappa shape index (κ3) is 6.63. The molecule has 14 heteroatoms. The zero-order valence-corrected chi connectivity index (χ0v) is 25.4. The Labute approximate surface area is 247 Å². The molecule has 0 radical (unpaired) electrons. The first-order valence-corrected chi connectivity index (χ1v) is 16.2. The van der Waals surface area contributed by atoms with Crippen molar-refractivity contribution in [1.29, 1.82) is 0 Å². The van der Waals surface area contributed by atoms with Crippen molar-refractivity contribution in [2.75, 3.05) is 36.1 Å². The van der Waals surface area contributed by atoms with Crippen LogP contribution < -0.4 is 15.4 Å². The normalized spacial score (nSPS) is 16.7. The predicted octanol–water partition coefficient (Wildman–Crippen LogP) is 5.79. The molecule has 1 saturated carbocycles. The number of benzene rings is 1. The second-order valence-corrected chi connectivity index (χ2v) is 13.9. The number of ether oxygens (including phenoxy) is 2. The maximum Gasteiger partial charge on any atom is 0.407 e. The lowest BCUT2D eigenvalue weighted by Crippen LogP contribution is -2.37. The van der Waals surface area contributed by atoms with Crippen LogP contribution in [0.15, 0.2) is 24.4 Å². The minimum atomic E-state index is -2.60. The lowest BCUT2D eigenvalue weighted by molar-refractivity contribution is 0.168. The molecule has 3 N–H and O–H groups in total. The number of carbonyl (C=O) groups is 1. The van der Waals surface area contributed by atoms with Crippen LogP contribution in [0.2, 0.25) is 10.0 Å². The first kappa shape index (κ1) is 28.9. The number of hydrogen-bond donors (Lipinski definition) is 3. The van der Waals surface area contributed by atoms with E-state index in [1.807, 2.05) is 19.9 Å². The van der Waals surface area contributed by atoms with Gasteiger partial charge in [-0.05, 0) is 44.4 Å². The predicted molar refractivity (Wildman–Crippen MR) is 162 cm³/mol. The van der Waals surface area contributed by atoms with Gasteiger partial charge >= 0.3 is 6.09 Å². The van der Waals surface area contributed by atoms with Crippen LogP contribution in [-0.2, 0) is 19.2 Å². The Balaban J connectivity index is 1.50. The highest BCUT2D eigenvalue weighted by Gasteiger charge is 2.31. The van der Waals surface area contributed by atoms with Crippen molar-refractivity contribution in [3.63, 3.8) is 0 Å². The number of nitrogens with zero attached hydrogens (tertiary/aromatic N) is 3. The third-order valence-electron chi connectivity index (χ3n) is 6.26. The molecule has 3 heterocycles. The number of aromatic nitrogens is 3. The highest BCUT2D eigenvalue weighted by Crippen LogP contribution is 2.49. The number of thiazole rings is 1. The van der Waals surface area contributed by atoms with Gasteiger partial charge < -0.3 is 24.8 Å². The summed E-state index contributed by atoms with van der Waals surface area (Å²) in [5.41, 5.74) is 2.42. The van der Waals surface area contributed by atoms with Gasteiger partial charge in [0.15, 0.2) is 0 Å². The van der Waals surface area contributed by atoms with Crippen LogP contribution >= 0.6 is 34.5 Å². The van der Waals surface area contributed by atoms with E-state index >= 15 is 0 Å². The number of hydrogen-bond acceptors (Lipinski definition) is 9. The summed E-state index contributed by atoms with van der Waals surface area (Å²) in [7, 11) is -1.29. The summed E-state index contributed by atoms with van der Waals surface area (Å²) in [5, 5.41) is 8.23. The number of methoxy groups -OCH3 is 1. The average Bonchev–Trinajstić information content (AvgIpc) is 3.87. The van der Waals surface area contributed by atoms with Crippen molar-refractivity contribution in [2.45, 2.75) is 45.1 Å². The quantitative estimate of drug-likeness (QED) is 0.180. The fraction of sp³-hybridized carbons (Fsp3) is 0.423. The van der Waals surface area contributed by atoms with E-state index in [1.54, 1.807) is 29.7 Å². The number of carbonyl (C=O) groups excluding carboxylic acids is 1. The van der Waals surface area contributed by atoms with Crippen molar-refractivity contribution in [3.05, 3.63) is 39.4 Å². The number of nitrogens with one attached hydrogen (secondary N) is 3. The van der Waals surface area contributed by atoms with Crippen molar-refractivity contribution < 1.29 is 18.5 Å². The van der Waals surface area contributed by atoms with Crippen LogP contribution in [0.25, 0.3) is 21.8 Å². The van der Waals surface area contributed by atoms with Crippen LogP contribution in [0, 0.1) is 0 Å². The molecule has 2 aliphatic rings. The summed E-state index contributed by atoms with van der Waals surface area (Å²) in [6, 6.07) is 5.06. The second kappa shape index (κ2) is 12.1. The highest BCUT2D eigenvalue weighted by molar-refractivity contribution is 8.03. The molecule has 3 aromatic rings. The maximum absolute atomic E-state index is 13.6. The molecular weight excluding hydrogens is 595 g/mol. The first-order chi connectivity index (χ1) is 19.2. The Kier molecular flexibility index (Phi) is 8.72. The molecule has 214 valence electrons. The molecular formula is C26H30Cl2N6O4S2. The van der Waals surface area contributed by atoms with Gasteiger partial charge in [-0.15, -0.1) is 11.3 Å². The number of halogens is 2. The number of amides is 1. The van der Waals surface area contributed by atoms with E-state index in [2.05, 4.69) is 25.1 Å². The van der Waals surface area contributed by atoms with E-state index in [0.717, 1.165) is 22.7 Å². The third-order valence-corrected chi connectivity index (χ3v) is 10.6. The van der Waals surface area contributed by atoms with Crippen molar-refractivity contribution in [1.82, 2.24) is 20.3 Å². The number of alkyl carbamates (subject to hydrolysis) is 1. The van der Waals surface area contributed by atoms with E-state index in [1.165, 1.54) is 7.11 Å². The topological polar surface area (TPSA) is 131 Å². The van der Waals surface area contributed by atoms with Gasteiger partial charge in [-0.25, -0.2) is 24.0 Å². The van der Waals surface area contributed by atoms with E-state index in [0.29, 0.717) is 74.9 Å². The van der Waals surface area contributed by atoms with Crippen molar-refractivity contribution >= 4 is 67.0 Å². The summed E-state index contributed by atoms with van der Waals surface area (Å²) < 4.78 is 26.7. The lowest BCUT2D eigenvalue weighted by atomic mass is 10.1. The standard InChI is InChI=1S/C26H30Cl2N6O4S2/c1-4-9-40(36,20-13-38-20)34-19-11-16(27)10-17(21(19)28)22-23(39-24(33-22)15-5-6-15)18-7-8-29-25(32-18)30-12-14(2)31-26(35)37-3/h7-8,10-11,14-15H,4-6,9,12-13H2,1-3H3,(H,31,35)(H,34,36)(H,29,30,32). The average molecular weight is 626 g/mol. The number of anilines is 2. The van der Waals surface area contributed by atoms with E-state index in [-0.39, 0.29) is 6.04 Å². The number of epoxide rings is 1. The molecule has 1 saturated heterocycles.